The number of aryl methyl sites for hydroxylation is 2. The molecular formula is C21H27N3O2S. The molecule has 0 unspecified atom stereocenters. The van der Waals surface area contributed by atoms with Crippen LogP contribution in [0.1, 0.15) is 34.5 Å². The maximum absolute atomic E-state index is 12.6. The van der Waals surface area contributed by atoms with Gasteiger partial charge in [-0.25, -0.2) is 0 Å². The summed E-state index contributed by atoms with van der Waals surface area (Å²) < 4.78 is 0. The van der Waals surface area contributed by atoms with Gasteiger partial charge in [-0.05, 0) is 55.3 Å². The molecular weight excluding hydrogens is 358 g/mol. The number of nitrogens with zero attached hydrogens (tertiary/aromatic N) is 2. The summed E-state index contributed by atoms with van der Waals surface area (Å²) in [6.45, 7) is 7.35. The van der Waals surface area contributed by atoms with Crippen molar-refractivity contribution in [1.29, 1.82) is 0 Å². The number of rotatable bonds is 5. The Hall–Kier alpha value is -2.18. The molecule has 0 bridgehead atoms. The van der Waals surface area contributed by atoms with Crippen molar-refractivity contribution in [2.45, 2.75) is 33.2 Å². The lowest BCUT2D eigenvalue weighted by atomic mass is 10.0. The fourth-order valence-corrected chi connectivity index (χ4v) is 4.53. The van der Waals surface area contributed by atoms with Crippen LogP contribution in [-0.4, -0.2) is 48.3 Å². The Kier molecular flexibility index (Phi) is 5.97. The van der Waals surface area contributed by atoms with Crippen LogP contribution in [0.3, 0.4) is 0 Å². The van der Waals surface area contributed by atoms with Crippen molar-refractivity contribution >= 4 is 28.8 Å². The van der Waals surface area contributed by atoms with Crippen LogP contribution in [0.5, 0.6) is 0 Å². The van der Waals surface area contributed by atoms with Crippen LogP contribution in [0, 0.1) is 13.8 Å². The molecule has 2 heterocycles. The third kappa shape index (κ3) is 4.39. The van der Waals surface area contributed by atoms with E-state index in [2.05, 4.69) is 28.6 Å². The molecule has 144 valence electrons. The highest BCUT2D eigenvalue weighted by Gasteiger charge is 2.27. The molecule has 1 atom stereocenters. The van der Waals surface area contributed by atoms with Gasteiger partial charge < -0.3 is 10.2 Å². The molecule has 1 aromatic carbocycles. The number of carbonyl (C=O) groups is 2. The fourth-order valence-electron chi connectivity index (χ4n) is 3.57. The summed E-state index contributed by atoms with van der Waals surface area (Å²) >= 11 is 1.79. The molecule has 2 amide bonds. The van der Waals surface area contributed by atoms with Gasteiger partial charge in [0, 0.05) is 30.2 Å². The average molecular weight is 386 g/mol. The molecule has 0 spiro atoms. The van der Waals surface area contributed by atoms with Gasteiger partial charge in [-0.1, -0.05) is 18.2 Å². The third-order valence-corrected chi connectivity index (χ3v) is 6.29. The lowest BCUT2D eigenvalue weighted by Crippen LogP contribution is -2.44. The second-order valence-electron chi connectivity index (χ2n) is 7.26. The molecule has 0 saturated heterocycles. The highest BCUT2D eigenvalue weighted by Crippen LogP contribution is 2.32. The SMILES string of the molecule is Cc1cccc(C)c1NC(=O)CN(C)C(=O)CN1CCc2sccc2[C@@H]1C. The lowest BCUT2D eigenvalue weighted by molar-refractivity contribution is -0.134. The van der Waals surface area contributed by atoms with E-state index in [1.165, 1.54) is 15.3 Å². The maximum atomic E-state index is 12.6. The topological polar surface area (TPSA) is 52.7 Å². The number of hydrogen-bond acceptors (Lipinski definition) is 4. The highest BCUT2D eigenvalue weighted by molar-refractivity contribution is 7.10. The predicted octanol–water partition coefficient (Wildman–Crippen LogP) is 3.38. The van der Waals surface area contributed by atoms with Gasteiger partial charge in [-0.2, -0.15) is 0 Å². The molecule has 0 aliphatic carbocycles. The van der Waals surface area contributed by atoms with E-state index in [0.29, 0.717) is 6.54 Å². The third-order valence-electron chi connectivity index (χ3n) is 5.29. The molecule has 1 aliphatic heterocycles. The molecule has 0 saturated carbocycles. The quantitative estimate of drug-likeness (QED) is 0.858. The summed E-state index contributed by atoms with van der Waals surface area (Å²) in [5, 5.41) is 5.06. The number of thiophene rings is 1. The Morgan fingerprint density at radius 3 is 2.67 bits per heavy atom. The monoisotopic (exact) mass is 385 g/mol. The number of hydrogen-bond donors (Lipinski definition) is 1. The highest BCUT2D eigenvalue weighted by atomic mass is 32.1. The summed E-state index contributed by atoms with van der Waals surface area (Å²) in [5.41, 5.74) is 4.20. The van der Waals surface area contributed by atoms with Crippen LogP contribution in [0.25, 0.3) is 0 Å². The van der Waals surface area contributed by atoms with Gasteiger partial charge in [0.2, 0.25) is 11.8 Å². The average Bonchev–Trinajstić information content (AvgIpc) is 3.10. The first-order chi connectivity index (χ1) is 12.9. The Labute approximate surface area is 165 Å². The molecule has 6 heteroatoms. The Morgan fingerprint density at radius 2 is 1.96 bits per heavy atom. The Balaban J connectivity index is 1.56. The van der Waals surface area contributed by atoms with Crippen LogP contribution >= 0.6 is 11.3 Å². The predicted molar refractivity (Wildman–Crippen MR) is 110 cm³/mol. The Morgan fingerprint density at radius 1 is 1.26 bits per heavy atom. The summed E-state index contributed by atoms with van der Waals surface area (Å²) in [7, 11) is 1.69. The molecule has 1 aliphatic rings. The van der Waals surface area contributed by atoms with E-state index in [0.717, 1.165) is 29.8 Å². The van der Waals surface area contributed by atoms with Crippen LogP contribution in [-0.2, 0) is 16.0 Å². The van der Waals surface area contributed by atoms with Gasteiger partial charge in [-0.15, -0.1) is 11.3 Å². The van der Waals surface area contributed by atoms with Crippen LogP contribution in [0.15, 0.2) is 29.6 Å². The van der Waals surface area contributed by atoms with Crippen LogP contribution < -0.4 is 5.32 Å². The van der Waals surface area contributed by atoms with E-state index in [9.17, 15) is 9.59 Å². The Bertz CT molecular complexity index is 825. The maximum Gasteiger partial charge on any atom is 0.243 e. The number of nitrogens with one attached hydrogen (secondary N) is 1. The first kappa shape index (κ1) is 19.6. The standard InChI is InChI=1S/C21H27N3O2S/c1-14-6-5-7-15(2)21(14)22-19(25)12-23(4)20(26)13-24-10-8-18-17(16(24)3)9-11-27-18/h5-7,9,11,16H,8,10,12-13H2,1-4H3,(H,22,25)/t16-/m0/s1. The summed E-state index contributed by atoms with van der Waals surface area (Å²) in [6, 6.07) is 8.29. The van der Waals surface area contributed by atoms with E-state index in [1.807, 2.05) is 32.0 Å². The zero-order valence-electron chi connectivity index (χ0n) is 16.4. The second-order valence-corrected chi connectivity index (χ2v) is 8.26. The van der Waals surface area contributed by atoms with Gasteiger partial charge in [0.1, 0.15) is 0 Å². The van der Waals surface area contributed by atoms with E-state index in [-0.39, 0.29) is 24.4 Å². The van der Waals surface area contributed by atoms with Crippen molar-refractivity contribution in [3.8, 4) is 0 Å². The largest absolute Gasteiger partial charge is 0.335 e. The summed E-state index contributed by atoms with van der Waals surface area (Å²) in [5.74, 6) is -0.202. The zero-order chi connectivity index (χ0) is 19.6. The molecule has 2 aromatic rings. The van der Waals surface area contributed by atoms with Crippen LogP contribution in [0.4, 0.5) is 5.69 Å². The van der Waals surface area contributed by atoms with Crippen molar-refractivity contribution in [2.24, 2.45) is 0 Å². The number of benzene rings is 1. The van der Waals surface area contributed by atoms with Crippen molar-refractivity contribution in [2.75, 3.05) is 32.0 Å². The molecule has 0 radical (unpaired) electrons. The second kappa shape index (κ2) is 8.23. The normalized spacial score (nSPS) is 16.7. The van der Waals surface area contributed by atoms with Crippen molar-refractivity contribution in [3.63, 3.8) is 0 Å². The minimum absolute atomic E-state index is 0.0304. The number of para-hydroxylation sites is 1. The minimum Gasteiger partial charge on any atom is -0.335 e. The van der Waals surface area contributed by atoms with E-state index < -0.39 is 0 Å². The van der Waals surface area contributed by atoms with E-state index >= 15 is 0 Å². The van der Waals surface area contributed by atoms with Gasteiger partial charge >= 0.3 is 0 Å². The van der Waals surface area contributed by atoms with Crippen LogP contribution in [0.2, 0.25) is 0 Å². The molecule has 1 aromatic heterocycles. The number of anilines is 1. The molecule has 5 nitrogen and oxygen atoms in total. The lowest BCUT2D eigenvalue weighted by Gasteiger charge is -2.34. The van der Waals surface area contributed by atoms with Crippen molar-refractivity contribution in [1.82, 2.24) is 9.80 Å². The fraction of sp³-hybridized carbons (Fsp3) is 0.429. The number of amides is 2. The number of likely N-dealkylation sites (N-methyl/N-ethyl adjacent to an activating group) is 1. The molecule has 0 fully saturated rings. The summed E-state index contributed by atoms with van der Waals surface area (Å²) in [6.07, 6.45) is 0.987. The molecule has 3 rings (SSSR count). The number of carbonyl (C=O) groups excluding carboxylic acids is 2. The summed E-state index contributed by atoms with van der Waals surface area (Å²) in [4.78, 5) is 30.2. The smallest absolute Gasteiger partial charge is 0.243 e. The van der Waals surface area contributed by atoms with Crippen molar-refractivity contribution in [3.05, 3.63) is 51.2 Å². The van der Waals surface area contributed by atoms with Crippen molar-refractivity contribution < 1.29 is 9.59 Å². The van der Waals surface area contributed by atoms with Gasteiger partial charge in [0.05, 0.1) is 13.1 Å². The molecule has 1 N–H and O–H groups in total. The first-order valence-corrected chi connectivity index (χ1v) is 10.1. The minimum atomic E-state index is -0.171. The molecule has 27 heavy (non-hydrogen) atoms. The number of fused-ring (bicyclic) bond motifs is 1. The zero-order valence-corrected chi connectivity index (χ0v) is 17.2. The van der Waals surface area contributed by atoms with Gasteiger partial charge in [0.15, 0.2) is 0 Å². The van der Waals surface area contributed by atoms with E-state index in [1.54, 1.807) is 18.4 Å². The van der Waals surface area contributed by atoms with Gasteiger partial charge in [0.25, 0.3) is 0 Å². The van der Waals surface area contributed by atoms with Gasteiger partial charge in [-0.3, -0.25) is 14.5 Å². The first-order valence-electron chi connectivity index (χ1n) is 9.27. The van der Waals surface area contributed by atoms with E-state index in [4.69, 9.17) is 0 Å².